The van der Waals surface area contributed by atoms with Gasteiger partial charge >= 0.3 is 5.97 Å². The third-order valence-corrected chi connectivity index (χ3v) is 4.71. The van der Waals surface area contributed by atoms with Gasteiger partial charge in [0.2, 0.25) is 0 Å². The van der Waals surface area contributed by atoms with Gasteiger partial charge in [0, 0.05) is 24.7 Å². The first-order chi connectivity index (χ1) is 12.0. The number of carbonyl (C=O) groups excluding carboxylic acids is 1. The number of aliphatic hydroxyl groups excluding tert-OH is 2. The molecule has 0 radical (unpaired) electrons. The number of carboxylic acid groups (broad SMARTS) is 1. The third kappa shape index (κ3) is 8.45. The van der Waals surface area contributed by atoms with E-state index in [-0.39, 0.29) is 30.5 Å². The number of ketones is 1. The predicted molar refractivity (Wildman–Crippen MR) is 97.1 cm³/mol. The van der Waals surface area contributed by atoms with E-state index in [9.17, 15) is 19.8 Å². The van der Waals surface area contributed by atoms with Crippen LogP contribution >= 0.6 is 0 Å². The molecule has 0 amide bonds. The van der Waals surface area contributed by atoms with Gasteiger partial charge in [-0.2, -0.15) is 0 Å². The fraction of sp³-hybridized carbons (Fsp3) is 0.700. The van der Waals surface area contributed by atoms with Gasteiger partial charge in [-0.1, -0.05) is 50.5 Å². The first-order valence-corrected chi connectivity index (χ1v) is 9.39. The van der Waals surface area contributed by atoms with Crippen molar-refractivity contribution in [2.75, 3.05) is 0 Å². The van der Waals surface area contributed by atoms with Crippen LogP contribution in [0.3, 0.4) is 0 Å². The van der Waals surface area contributed by atoms with Crippen molar-refractivity contribution in [2.24, 2.45) is 11.8 Å². The zero-order chi connectivity index (χ0) is 18.7. The van der Waals surface area contributed by atoms with Crippen LogP contribution in [0.5, 0.6) is 0 Å². The van der Waals surface area contributed by atoms with Gasteiger partial charge in [0.15, 0.2) is 0 Å². The highest BCUT2D eigenvalue weighted by atomic mass is 16.4. The van der Waals surface area contributed by atoms with E-state index < -0.39 is 18.2 Å². The normalized spacial score (nSPS) is 25.2. The Bertz CT molecular complexity index is 469. The molecule has 3 N–H and O–H groups in total. The number of hydrogen-bond acceptors (Lipinski definition) is 4. The van der Waals surface area contributed by atoms with E-state index in [1.54, 1.807) is 12.2 Å². The highest BCUT2D eigenvalue weighted by Gasteiger charge is 2.39. The molecule has 1 rings (SSSR count). The lowest BCUT2D eigenvalue weighted by Gasteiger charge is -2.16. The molecule has 142 valence electrons. The predicted octanol–water partition coefficient (Wildman–Crippen LogP) is 3.25. The fourth-order valence-corrected chi connectivity index (χ4v) is 3.22. The maximum absolute atomic E-state index is 12.1. The van der Waals surface area contributed by atoms with Crippen molar-refractivity contribution in [1.29, 1.82) is 0 Å². The Balaban J connectivity index is 2.48. The number of carboxylic acids is 1. The smallest absolute Gasteiger partial charge is 0.303 e. The lowest BCUT2D eigenvalue weighted by Crippen LogP contribution is -2.18. The zero-order valence-corrected chi connectivity index (χ0v) is 15.1. The third-order valence-electron chi connectivity index (χ3n) is 4.71. The molecule has 5 nitrogen and oxygen atoms in total. The van der Waals surface area contributed by atoms with Crippen LogP contribution in [0.1, 0.15) is 64.7 Å². The molecule has 0 aromatic heterocycles. The lowest BCUT2D eigenvalue weighted by atomic mass is 9.90. The zero-order valence-electron chi connectivity index (χ0n) is 15.1. The molecule has 5 heteroatoms. The van der Waals surface area contributed by atoms with E-state index in [2.05, 4.69) is 6.92 Å². The molecule has 0 bridgehead atoms. The largest absolute Gasteiger partial charge is 0.481 e. The van der Waals surface area contributed by atoms with E-state index in [0.717, 1.165) is 19.3 Å². The lowest BCUT2D eigenvalue weighted by molar-refractivity contribution is -0.137. The topological polar surface area (TPSA) is 94.8 Å². The van der Waals surface area contributed by atoms with Gasteiger partial charge in [0.05, 0.1) is 12.2 Å². The maximum Gasteiger partial charge on any atom is 0.303 e. The minimum Gasteiger partial charge on any atom is -0.481 e. The van der Waals surface area contributed by atoms with Crippen LogP contribution in [0.4, 0.5) is 0 Å². The summed E-state index contributed by atoms with van der Waals surface area (Å²) in [5.74, 6) is -1.26. The Morgan fingerprint density at radius 1 is 1.28 bits per heavy atom. The van der Waals surface area contributed by atoms with Crippen molar-refractivity contribution in [1.82, 2.24) is 0 Å². The fourth-order valence-electron chi connectivity index (χ4n) is 3.22. The monoisotopic (exact) mass is 352 g/mol. The van der Waals surface area contributed by atoms with Crippen LogP contribution in [-0.2, 0) is 9.59 Å². The van der Waals surface area contributed by atoms with Gasteiger partial charge in [-0.3, -0.25) is 9.59 Å². The highest BCUT2D eigenvalue weighted by Crippen LogP contribution is 2.33. The Labute approximate surface area is 150 Å². The maximum atomic E-state index is 12.1. The van der Waals surface area contributed by atoms with Crippen molar-refractivity contribution < 1.29 is 24.9 Å². The van der Waals surface area contributed by atoms with Gasteiger partial charge in [-0.25, -0.2) is 0 Å². The molecule has 1 fully saturated rings. The number of carbonyl (C=O) groups is 2. The molecular weight excluding hydrogens is 320 g/mol. The summed E-state index contributed by atoms with van der Waals surface area (Å²) in [4.78, 5) is 22.5. The summed E-state index contributed by atoms with van der Waals surface area (Å²) in [5, 5.41) is 28.7. The summed E-state index contributed by atoms with van der Waals surface area (Å²) < 4.78 is 0. The SMILES string of the molecule is CCCCC[C@H](O)/C=C\[C@H]1[C@H](O)CC(=O)[C@H]1C/C=C\CCCC(=O)O. The van der Waals surface area contributed by atoms with Crippen molar-refractivity contribution in [2.45, 2.75) is 76.9 Å². The molecular formula is C20H32O5. The Morgan fingerprint density at radius 3 is 2.72 bits per heavy atom. The Hall–Kier alpha value is -1.46. The standard InChI is InChI=1S/C20H32O5/c1-2-3-6-9-15(21)12-13-17-16(18(22)14-19(17)23)10-7-4-5-8-11-20(24)25/h4,7,12-13,15-17,19,21,23H,2-3,5-6,8-11,14H2,1H3,(H,24,25)/b7-4-,13-12-/t15-,16-,17+,19+/m0/s1. The van der Waals surface area contributed by atoms with E-state index in [0.29, 0.717) is 25.7 Å². The van der Waals surface area contributed by atoms with Crippen LogP contribution < -0.4 is 0 Å². The van der Waals surface area contributed by atoms with Gasteiger partial charge in [0.1, 0.15) is 5.78 Å². The molecule has 0 heterocycles. The number of unbranched alkanes of at least 4 members (excludes halogenated alkanes) is 3. The molecule has 1 saturated carbocycles. The van der Waals surface area contributed by atoms with Crippen molar-refractivity contribution in [3.63, 3.8) is 0 Å². The van der Waals surface area contributed by atoms with Crippen LogP contribution in [0.15, 0.2) is 24.3 Å². The number of aliphatic carboxylic acids is 1. The minimum absolute atomic E-state index is 0.0535. The molecule has 0 saturated heterocycles. The molecule has 0 spiro atoms. The Morgan fingerprint density at radius 2 is 2.04 bits per heavy atom. The van der Waals surface area contributed by atoms with E-state index in [1.165, 1.54) is 0 Å². The van der Waals surface area contributed by atoms with Crippen molar-refractivity contribution >= 4 is 11.8 Å². The molecule has 25 heavy (non-hydrogen) atoms. The van der Waals surface area contributed by atoms with Crippen LogP contribution in [-0.4, -0.2) is 39.3 Å². The number of rotatable bonds is 12. The number of hydrogen-bond donors (Lipinski definition) is 3. The van der Waals surface area contributed by atoms with Gasteiger partial charge in [-0.05, 0) is 25.7 Å². The minimum atomic E-state index is -0.801. The molecule has 4 atom stereocenters. The first kappa shape index (κ1) is 21.6. The summed E-state index contributed by atoms with van der Waals surface area (Å²) in [6, 6.07) is 0. The molecule has 1 aliphatic rings. The summed E-state index contributed by atoms with van der Waals surface area (Å²) in [6.45, 7) is 2.11. The quantitative estimate of drug-likeness (QED) is 0.370. The molecule has 0 aromatic rings. The highest BCUT2D eigenvalue weighted by molar-refractivity contribution is 5.84. The van der Waals surface area contributed by atoms with Gasteiger partial charge in [-0.15, -0.1) is 0 Å². The van der Waals surface area contributed by atoms with Gasteiger partial charge < -0.3 is 15.3 Å². The second kappa shape index (κ2) is 12.0. The van der Waals surface area contributed by atoms with E-state index in [4.69, 9.17) is 5.11 Å². The molecule has 0 unspecified atom stereocenters. The summed E-state index contributed by atoms with van der Waals surface area (Å²) in [6.07, 6.45) is 12.1. The van der Waals surface area contributed by atoms with Crippen molar-refractivity contribution in [3.05, 3.63) is 24.3 Å². The summed E-state index contributed by atoms with van der Waals surface area (Å²) >= 11 is 0. The number of aliphatic hydroxyl groups is 2. The summed E-state index contributed by atoms with van der Waals surface area (Å²) in [7, 11) is 0. The second-order valence-corrected chi connectivity index (χ2v) is 6.86. The second-order valence-electron chi connectivity index (χ2n) is 6.86. The van der Waals surface area contributed by atoms with Crippen LogP contribution in [0.25, 0.3) is 0 Å². The van der Waals surface area contributed by atoms with E-state index >= 15 is 0 Å². The van der Waals surface area contributed by atoms with Crippen LogP contribution in [0.2, 0.25) is 0 Å². The average molecular weight is 352 g/mol. The van der Waals surface area contributed by atoms with Crippen molar-refractivity contribution in [3.8, 4) is 0 Å². The molecule has 0 aromatic carbocycles. The molecule has 1 aliphatic carbocycles. The Kier molecular flexibility index (Phi) is 10.3. The first-order valence-electron chi connectivity index (χ1n) is 9.39. The molecule has 0 aliphatic heterocycles. The number of Topliss-reactive ketones (excluding diaryl/α,β-unsaturated/α-hetero) is 1. The summed E-state index contributed by atoms with van der Waals surface area (Å²) in [5.41, 5.74) is 0. The average Bonchev–Trinajstić information content (AvgIpc) is 2.82. The van der Waals surface area contributed by atoms with E-state index in [1.807, 2.05) is 12.2 Å². The van der Waals surface area contributed by atoms with Gasteiger partial charge in [0.25, 0.3) is 0 Å². The van der Waals surface area contributed by atoms with Crippen LogP contribution in [0, 0.1) is 11.8 Å². The number of allylic oxidation sites excluding steroid dienone is 2.